The normalized spacial score (nSPS) is 25.3. The molecule has 1 spiro atoms. The second-order valence-corrected chi connectivity index (χ2v) is 8.76. The van der Waals surface area contributed by atoms with Gasteiger partial charge in [-0.15, -0.1) is 0 Å². The van der Waals surface area contributed by atoms with Crippen LogP contribution in [0.3, 0.4) is 0 Å². The van der Waals surface area contributed by atoms with Gasteiger partial charge in [0.1, 0.15) is 5.75 Å². The van der Waals surface area contributed by atoms with Crippen molar-refractivity contribution in [3.63, 3.8) is 0 Å². The highest BCUT2D eigenvalue weighted by atomic mass is 19.3. The molecule has 1 aliphatic heterocycles. The Kier molecular flexibility index (Phi) is 7.56. The smallest absolute Gasteiger partial charge is 0.387 e. The van der Waals surface area contributed by atoms with Gasteiger partial charge in [-0.1, -0.05) is 48.0 Å². The maximum absolute atomic E-state index is 12.8. The summed E-state index contributed by atoms with van der Waals surface area (Å²) in [6.45, 7) is -0.287. The molecule has 2 aromatic rings. The molecule has 4 rings (SSSR count). The molecule has 1 heterocycles. The third kappa shape index (κ3) is 5.87. The van der Waals surface area contributed by atoms with Gasteiger partial charge in [-0.25, -0.2) is 0 Å². The Labute approximate surface area is 193 Å². The minimum Gasteiger partial charge on any atom is -0.434 e. The first kappa shape index (κ1) is 23.6. The molecule has 0 aromatic heterocycles. The summed E-state index contributed by atoms with van der Waals surface area (Å²) in [6, 6.07) is 16.4. The van der Waals surface area contributed by atoms with E-state index in [2.05, 4.69) is 16.9 Å². The topological polar surface area (TPSA) is 44.8 Å². The molecule has 0 radical (unpaired) electrons. The van der Waals surface area contributed by atoms with Crippen LogP contribution in [0.1, 0.15) is 67.5 Å². The molecule has 1 saturated heterocycles. The molecule has 2 aliphatic rings. The van der Waals surface area contributed by atoms with Crippen LogP contribution in [0.25, 0.3) is 0 Å². The van der Waals surface area contributed by atoms with Gasteiger partial charge in [0.25, 0.3) is 0 Å². The molecule has 2 fully saturated rings. The fourth-order valence-electron chi connectivity index (χ4n) is 4.99. The lowest BCUT2D eigenvalue weighted by atomic mass is 9.75. The summed E-state index contributed by atoms with van der Waals surface area (Å²) >= 11 is 0. The third-order valence-electron chi connectivity index (χ3n) is 6.55. The van der Waals surface area contributed by atoms with E-state index in [0.29, 0.717) is 6.61 Å². The van der Waals surface area contributed by atoms with Crippen LogP contribution >= 0.6 is 0 Å². The van der Waals surface area contributed by atoms with Gasteiger partial charge in [0, 0.05) is 19.4 Å². The van der Waals surface area contributed by atoms with Crippen molar-refractivity contribution in [3.8, 4) is 5.75 Å². The molecule has 0 N–H and O–H groups in total. The van der Waals surface area contributed by atoms with Gasteiger partial charge in [-0.3, -0.25) is 4.79 Å². The second kappa shape index (κ2) is 10.6. The number of halogens is 2. The molecule has 4 nitrogen and oxygen atoms in total. The summed E-state index contributed by atoms with van der Waals surface area (Å²) in [7, 11) is 0. The SMILES string of the molecule is CCOC1CC(c2ccccc2)OC2(CCC(=CC(=O)c3ccccc3OC(F)F)CC2)C1. The van der Waals surface area contributed by atoms with Gasteiger partial charge in [0.2, 0.25) is 0 Å². The highest BCUT2D eigenvalue weighted by Gasteiger charge is 2.43. The first-order chi connectivity index (χ1) is 16.0. The Balaban J connectivity index is 1.46. The van der Waals surface area contributed by atoms with E-state index >= 15 is 0 Å². The lowest BCUT2D eigenvalue weighted by molar-refractivity contribution is -0.184. The molecule has 2 atom stereocenters. The number of hydrogen-bond acceptors (Lipinski definition) is 4. The largest absolute Gasteiger partial charge is 0.434 e. The Morgan fingerprint density at radius 2 is 1.82 bits per heavy atom. The van der Waals surface area contributed by atoms with Crippen molar-refractivity contribution in [2.45, 2.75) is 69.9 Å². The summed E-state index contributed by atoms with van der Waals surface area (Å²) in [5.41, 5.74) is 2.04. The number of benzene rings is 2. The predicted molar refractivity (Wildman–Crippen MR) is 122 cm³/mol. The van der Waals surface area contributed by atoms with Gasteiger partial charge >= 0.3 is 6.61 Å². The second-order valence-electron chi connectivity index (χ2n) is 8.76. The number of allylic oxidation sites excluding steroid dienone is 2. The van der Waals surface area contributed by atoms with E-state index in [1.165, 1.54) is 12.1 Å². The van der Waals surface area contributed by atoms with Crippen LogP contribution in [-0.2, 0) is 9.47 Å². The van der Waals surface area contributed by atoms with Gasteiger partial charge in [-0.05, 0) is 56.4 Å². The number of para-hydroxylation sites is 1. The zero-order valence-corrected chi connectivity index (χ0v) is 18.8. The lowest BCUT2D eigenvalue weighted by Crippen LogP contribution is -2.45. The van der Waals surface area contributed by atoms with Crippen LogP contribution in [0, 0.1) is 0 Å². The lowest BCUT2D eigenvalue weighted by Gasteiger charge is -2.47. The molecule has 2 unspecified atom stereocenters. The molecule has 2 aromatic carbocycles. The zero-order valence-electron chi connectivity index (χ0n) is 18.8. The minimum atomic E-state index is -2.97. The van der Waals surface area contributed by atoms with E-state index in [-0.39, 0.29) is 34.9 Å². The first-order valence-electron chi connectivity index (χ1n) is 11.6. The standard InChI is InChI=1S/C27H30F2O4/c1-2-31-21-17-25(20-8-4-3-5-9-20)33-27(18-21)14-12-19(13-15-27)16-23(30)22-10-6-7-11-24(22)32-26(28)29/h3-11,16,21,25-26H,2,12-15,17-18H2,1H3. The van der Waals surface area contributed by atoms with E-state index in [9.17, 15) is 13.6 Å². The molecule has 6 heteroatoms. The molecule has 176 valence electrons. The van der Waals surface area contributed by atoms with E-state index in [1.54, 1.807) is 18.2 Å². The number of ketones is 1. The van der Waals surface area contributed by atoms with E-state index in [0.717, 1.165) is 49.7 Å². The van der Waals surface area contributed by atoms with Crippen LogP contribution in [0.4, 0.5) is 8.78 Å². The fraction of sp³-hybridized carbons (Fsp3) is 0.444. The predicted octanol–water partition coefficient (Wildman–Crippen LogP) is 6.67. The van der Waals surface area contributed by atoms with E-state index < -0.39 is 6.61 Å². The molecule has 1 saturated carbocycles. The Hall–Kier alpha value is -2.57. The monoisotopic (exact) mass is 456 g/mol. The third-order valence-corrected chi connectivity index (χ3v) is 6.55. The van der Waals surface area contributed by atoms with Gasteiger partial charge in [0.15, 0.2) is 5.78 Å². The summed E-state index contributed by atoms with van der Waals surface area (Å²) in [4.78, 5) is 12.8. The van der Waals surface area contributed by atoms with Crippen molar-refractivity contribution in [1.82, 2.24) is 0 Å². The molecule has 0 bridgehead atoms. The fourth-order valence-corrected chi connectivity index (χ4v) is 4.99. The van der Waals surface area contributed by atoms with Crippen LogP contribution in [0.2, 0.25) is 0 Å². The molecule has 0 amide bonds. The molecular formula is C27H30F2O4. The summed E-state index contributed by atoms with van der Waals surface area (Å²) in [5, 5.41) is 0. The summed E-state index contributed by atoms with van der Waals surface area (Å²) in [6.07, 6.45) is 6.44. The van der Waals surface area contributed by atoms with Gasteiger partial charge in [0.05, 0.1) is 23.4 Å². The van der Waals surface area contributed by atoms with Crippen molar-refractivity contribution in [1.29, 1.82) is 0 Å². The highest BCUT2D eigenvalue weighted by Crippen LogP contribution is 2.47. The summed E-state index contributed by atoms with van der Waals surface area (Å²) < 4.78 is 42.6. The zero-order chi connectivity index (χ0) is 23.3. The van der Waals surface area contributed by atoms with Crippen molar-refractivity contribution in [3.05, 3.63) is 77.4 Å². The Bertz CT molecular complexity index is 963. The maximum Gasteiger partial charge on any atom is 0.387 e. The van der Waals surface area contributed by atoms with Crippen molar-refractivity contribution in [2.75, 3.05) is 6.61 Å². The summed E-state index contributed by atoms with van der Waals surface area (Å²) in [5.74, 6) is -0.404. The van der Waals surface area contributed by atoms with Crippen LogP contribution in [0.15, 0.2) is 66.2 Å². The van der Waals surface area contributed by atoms with Crippen LogP contribution in [-0.4, -0.2) is 30.7 Å². The van der Waals surface area contributed by atoms with Crippen molar-refractivity contribution in [2.24, 2.45) is 0 Å². The average Bonchev–Trinajstić information content (AvgIpc) is 2.81. The number of hydrogen-bond donors (Lipinski definition) is 0. The quantitative estimate of drug-likeness (QED) is 0.345. The van der Waals surface area contributed by atoms with Crippen molar-refractivity contribution >= 4 is 5.78 Å². The Morgan fingerprint density at radius 1 is 1.12 bits per heavy atom. The maximum atomic E-state index is 12.8. The number of carbonyl (C=O) groups is 1. The number of carbonyl (C=O) groups excluding carboxylic acids is 1. The Morgan fingerprint density at radius 3 is 2.52 bits per heavy atom. The molecule has 1 aliphatic carbocycles. The average molecular weight is 457 g/mol. The van der Waals surface area contributed by atoms with Crippen molar-refractivity contribution < 1.29 is 27.8 Å². The van der Waals surface area contributed by atoms with E-state index in [1.807, 2.05) is 25.1 Å². The van der Waals surface area contributed by atoms with Gasteiger partial charge in [-0.2, -0.15) is 8.78 Å². The minimum absolute atomic E-state index is 0.0120. The number of rotatable bonds is 7. The van der Waals surface area contributed by atoms with Crippen LogP contribution in [0.5, 0.6) is 5.75 Å². The first-order valence-corrected chi connectivity index (χ1v) is 11.6. The molecular weight excluding hydrogens is 426 g/mol. The van der Waals surface area contributed by atoms with Crippen LogP contribution < -0.4 is 4.74 Å². The molecule has 33 heavy (non-hydrogen) atoms. The van der Waals surface area contributed by atoms with Gasteiger partial charge < -0.3 is 14.2 Å². The number of alkyl halides is 2. The van der Waals surface area contributed by atoms with E-state index in [4.69, 9.17) is 9.47 Å². The highest BCUT2D eigenvalue weighted by molar-refractivity contribution is 6.06. The number of ether oxygens (including phenoxy) is 3.